The number of benzene rings is 1. The van der Waals surface area contributed by atoms with Crippen molar-refractivity contribution in [3.8, 4) is 0 Å². The zero-order chi connectivity index (χ0) is 19.8. The predicted octanol–water partition coefficient (Wildman–Crippen LogP) is 3.30. The lowest BCUT2D eigenvalue weighted by atomic mass is 10.1. The molecule has 0 spiro atoms. The highest BCUT2D eigenvalue weighted by molar-refractivity contribution is 7.11. The van der Waals surface area contributed by atoms with E-state index in [4.69, 9.17) is 4.99 Å². The number of hydrogen-bond donors (Lipinski definition) is 2. The molecule has 0 atom stereocenters. The second-order valence-corrected chi connectivity index (χ2v) is 7.96. The highest BCUT2D eigenvalue weighted by atomic mass is 32.1. The van der Waals surface area contributed by atoms with Gasteiger partial charge in [-0.1, -0.05) is 24.3 Å². The topological polar surface area (TPSA) is 67.1 Å². The van der Waals surface area contributed by atoms with E-state index >= 15 is 0 Å². The van der Waals surface area contributed by atoms with Gasteiger partial charge >= 0.3 is 0 Å². The Kier molecular flexibility index (Phi) is 7.19. The molecule has 2 aromatic heterocycles. The van der Waals surface area contributed by atoms with Crippen LogP contribution in [0.3, 0.4) is 0 Å². The molecule has 3 aromatic rings. The van der Waals surface area contributed by atoms with Gasteiger partial charge in [-0.25, -0.2) is 15.0 Å². The Bertz CT molecular complexity index is 861. The molecule has 0 amide bonds. The predicted molar refractivity (Wildman–Crippen MR) is 116 cm³/mol. The molecule has 2 N–H and O–H groups in total. The molecule has 0 radical (unpaired) electrons. The lowest BCUT2D eigenvalue weighted by Crippen LogP contribution is -2.38. The molecule has 3 rings (SSSR count). The molecule has 2 heterocycles. The summed E-state index contributed by atoms with van der Waals surface area (Å²) in [7, 11) is 0. The average Bonchev–Trinajstić information content (AvgIpc) is 3.31. The zero-order valence-corrected chi connectivity index (χ0v) is 17.6. The highest BCUT2D eigenvalue weighted by Crippen LogP contribution is 2.16. The Morgan fingerprint density at radius 1 is 1.14 bits per heavy atom. The number of imidazole rings is 1. The van der Waals surface area contributed by atoms with Crippen molar-refractivity contribution in [2.45, 2.75) is 40.3 Å². The minimum atomic E-state index is 0.649. The van der Waals surface area contributed by atoms with E-state index in [0.29, 0.717) is 6.54 Å². The van der Waals surface area contributed by atoms with Gasteiger partial charge < -0.3 is 15.2 Å². The second kappa shape index (κ2) is 10.0. The summed E-state index contributed by atoms with van der Waals surface area (Å²) >= 11 is 1.77. The minimum absolute atomic E-state index is 0.649. The molecule has 0 saturated carbocycles. The van der Waals surface area contributed by atoms with E-state index in [1.165, 1.54) is 21.0 Å². The van der Waals surface area contributed by atoms with Gasteiger partial charge in [-0.15, -0.1) is 11.3 Å². The molecule has 148 valence electrons. The molecule has 0 aliphatic carbocycles. The first-order valence-corrected chi connectivity index (χ1v) is 10.4. The van der Waals surface area contributed by atoms with Crippen molar-refractivity contribution in [1.82, 2.24) is 25.2 Å². The third-order valence-corrected chi connectivity index (χ3v) is 5.55. The van der Waals surface area contributed by atoms with Crippen LogP contribution in [-0.2, 0) is 19.5 Å². The van der Waals surface area contributed by atoms with Gasteiger partial charge in [-0.3, -0.25) is 0 Å². The van der Waals surface area contributed by atoms with E-state index in [9.17, 15) is 0 Å². The van der Waals surface area contributed by atoms with Crippen molar-refractivity contribution in [1.29, 1.82) is 0 Å². The lowest BCUT2D eigenvalue weighted by Gasteiger charge is -2.11. The van der Waals surface area contributed by atoms with Crippen molar-refractivity contribution in [2.75, 3.05) is 13.1 Å². The maximum absolute atomic E-state index is 4.71. The molecule has 0 saturated heterocycles. The molecule has 7 heteroatoms. The maximum atomic E-state index is 4.71. The van der Waals surface area contributed by atoms with Crippen LogP contribution in [-0.4, -0.2) is 33.6 Å². The minimum Gasteiger partial charge on any atom is -0.357 e. The van der Waals surface area contributed by atoms with Crippen LogP contribution in [0.25, 0.3) is 0 Å². The normalized spacial score (nSPS) is 11.6. The van der Waals surface area contributed by atoms with Crippen molar-refractivity contribution >= 4 is 17.3 Å². The van der Waals surface area contributed by atoms with Crippen LogP contribution < -0.4 is 10.6 Å². The molecule has 0 bridgehead atoms. The molecule has 1 aromatic carbocycles. The largest absolute Gasteiger partial charge is 0.357 e. The van der Waals surface area contributed by atoms with Crippen molar-refractivity contribution in [3.05, 3.63) is 69.7 Å². The number of guanidine groups is 1. The van der Waals surface area contributed by atoms with Crippen LogP contribution in [0.2, 0.25) is 0 Å². The number of aromatic nitrogens is 3. The number of rotatable bonds is 8. The van der Waals surface area contributed by atoms with E-state index < -0.39 is 0 Å². The van der Waals surface area contributed by atoms with Crippen molar-refractivity contribution < 1.29 is 0 Å². The number of nitrogens with zero attached hydrogens (tertiary/aromatic N) is 4. The second-order valence-electron chi connectivity index (χ2n) is 6.67. The Balaban J connectivity index is 1.51. The Morgan fingerprint density at radius 3 is 2.57 bits per heavy atom. The zero-order valence-electron chi connectivity index (χ0n) is 16.8. The van der Waals surface area contributed by atoms with Gasteiger partial charge in [0.25, 0.3) is 0 Å². The molecular weight excluding hydrogens is 368 g/mol. The summed E-state index contributed by atoms with van der Waals surface area (Å²) < 4.78 is 2.06. The first-order valence-electron chi connectivity index (χ1n) is 9.62. The van der Waals surface area contributed by atoms with Gasteiger partial charge in [0.1, 0.15) is 0 Å². The Labute approximate surface area is 170 Å². The van der Waals surface area contributed by atoms with Gasteiger partial charge in [0.05, 0.1) is 23.6 Å². The molecule has 0 aliphatic heterocycles. The summed E-state index contributed by atoms with van der Waals surface area (Å²) in [4.78, 5) is 14.7. The Hall–Kier alpha value is -2.67. The fourth-order valence-corrected chi connectivity index (χ4v) is 3.72. The summed E-state index contributed by atoms with van der Waals surface area (Å²) in [5, 5.41) is 7.89. The van der Waals surface area contributed by atoms with Gasteiger partial charge in [0.15, 0.2) is 5.96 Å². The van der Waals surface area contributed by atoms with Crippen LogP contribution in [0.5, 0.6) is 0 Å². The number of hydrogen-bond acceptors (Lipinski definition) is 4. The fraction of sp³-hybridized carbons (Fsp3) is 0.381. The maximum Gasteiger partial charge on any atom is 0.191 e. The van der Waals surface area contributed by atoms with Crippen LogP contribution in [0.15, 0.2) is 48.0 Å². The standard InChI is InChI=1S/C21H28N6S/c1-4-23-21(24-10-9-20-26-16(2)17(3)28-20)25-13-18-5-7-19(8-6-18)14-27-12-11-22-15-27/h5-8,11-12,15H,4,9-10,13-14H2,1-3H3,(H2,23,24,25). The number of aryl methyl sites for hydroxylation is 2. The Morgan fingerprint density at radius 2 is 1.93 bits per heavy atom. The van der Waals surface area contributed by atoms with Gasteiger partial charge in [-0.05, 0) is 31.9 Å². The highest BCUT2D eigenvalue weighted by Gasteiger charge is 2.04. The summed E-state index contributed by atoms with van der Waals surface area (Å²) in [6, 6.07) is 8.58. The van der Waals surface area contributed by atoms with E-state index in [1.54, 1.807) is 17.5 Å². The molecule has 0 aliphatic rings. The number of nitrogens with one attached hydrogen (secondary N) is 2. The van der Waals surface area contributed by atoms with Crippen LogP contribution in [0.1, 0.15) is 33.6 Å². The first-order chi connectivity index (χ1) is 13.6. The van der Waals surface area contributed by atoms with E-state index in [0.717, 1.165) is 37.7 Å². The van der Waals surface area contributed by atoms with Gasteiger partial charge in [-0.2, -0.15) is 0 Å². The van der Waals surface area contributed by atoms with E-state index in [2.05, 4.69) is 70.2 Å². The van der Waals surface area contributed by atoms with E-state index in [-0.39, 0.29) is 0 Å². The molecule has 28 heavy (non-hydrogen) atoms. The number of thiazole rings is 1. The van der Waals surface area contributed by atoms with Gasteiger partial charge in [0.2, 0.25) is 0 Å². The van der Waals surface area contributed by atoms with Crippen LogP contribution in [0.4, 0.5) is 0 Å². The van der Waals surface area contributed by atoms with Crippen LogP contribution >= 0.6 is 11.3 Å². The SMILES string of the molecule is CCNC(=NCc1ccc(Cn2ccnc2)cc1)NCCc1nc(C)c(C)s1. The monoisotopic (exact) mass is 396 g/mol. The average molecular weight is 397 g/mol. The van der Waals surface area contributed by atoms with Gasteiger partial charge in [0, 0.05) is 43.3 Å². The summed E-state index contributed by atoms with van der Waals surface area (Å²) in [6.45, 7) is 9.41. The summed E-state index contributed by atoms with van der Waals surface area (Å²) in [5.41, 5.74) is 3.58. The first kappa shape index (κ1) is 20.1. The third kappa shape index (κ3) is 5.92. The molecular formula is C21H28N6S. The van der Waals surface area contributed by atoms with Crippen LogP contribution in [0, 0.1) is 13.8 Å². The molecule has 0 unspecified atom stereocenters. The van der Waals surface area contributed by atoms with E-state index in [1.807, 2.05) is 12.5 Å². The summed E-state index contributed by atoms with van der Waals surface area (Å²) in [5.74, 6) is 0.843. The van der Waals surface area contributed by atoms with Crippen molar-refractivity contribution in [2.24, 2.45) is 4.99 Å². The number of aliphatic imine (C=N–C) groups is 1. The lowest BCUT2D eigenvalue weighted by molar-refractivity contribution is 0.792. The summed E-state index contributed by atoms with van der Waals surface area (Å²) in [6.07, 6.45) is 6.52. The fourth-order valence-electron chi connectivity index (χ4n) is 2.79. The molecule has 6 nitrogen and oxygen atoms in total. The van der Waals surface area contributed by atoms with Crippen molar-refractivity contribution in [3.63, 3.8) is 0 Å². The third-order valence-electron chi connectivity index (χ3n) is 4.42. The quantitative estimate of drug-likeness (QED) is 0.453. The molecule has 0 fully saturated rings. The smallest absolute Gasteiger partial charge is 0.191 e.